The Morgan fingerprint density at radius 1 is 1.03 bits per heavy atom. The van der Waals surface area contributed by atoms with E-state index in [0.29, 0.717) is 12.1 Å². The van der Waals surface area contributed by atoms with E-state index in [-0.39, 0.29) is 11.5 Å². The van der Waals surface area contributed by atoms with Crippen LogP contribution in [0.1, 0.15) is 41.6 Å². The minimum absolute atomic E-state index is 0.242. The molecule has 3 aromatic rings. The van der Waals surface area contributed by atoms with Crippen molar-refractivity contribution in [3.05, 3.63) is 81.1 Å². The average Bonchev–Trinajstić information content (AvgIpc) is 2.69. The summed E-state index contributed by atoms with van der Waals surface area (Å²) in [5, 5.41) is 7.53. The summed E-state index contributed by atoms with van der Waals surface area (Å²) in [4.78, 5) is 25.6. The van der Waals surface area contributed by atoms with Gasteiger partial charge in [0.1, 0.15) is 6.04 Å². The van der Waals surface area contributed by atoms with Crippen LogP contribution in [0.3, 0.4) is 0 Å². The van der Waals surface area contributed by atoms with Crippen molar-refractivity contribution in [2.24, 2.45) is 0 Å². The summed E-state index contributed by atoms with van der Waals surface area (Å²) in [6, 6.07) is 14.4. The average molecular weight is 389 g/mol. The number of benzene rings is 2. The lowest BCUT2D eigenvalue weighted by molar-refractivity contribution is -0.119. The molecular formula is C24H27N3O2. The maximum atomic E-state index is 13.0. The normalized spacial score (nSPS) is 11.9. The van der Waals surface area contributed by atoms with Gasteiger partial charge in [-0.2, -0.15) is 5.10 Å². The van der Waals surface area contributed by atoms with Crippen LogP contribution in [0.5, 0.6) is 0 Å². The van der Waals surface area contributed by atoms with Crippen molar-refractivity contribution < 1.29 is 4.79 Å². The number of nitrogens with one attached hydrogen (secondary N) is 1. The topological polar surface area (TPSA) is 64.0 Å². The number of rotatable bonds is 5. The number of nitrogens with zero attached hydrogens (tertiary/aromatic N) is 2. The minimum Gasteiger partial charge on any atom is -0.324 e. The van der Waals surface area contributed by atoms with Gasteiger partial charge in [0, 0.05) is 17.3 Å². The van der Waals surface area contributed by atoms with Gasteiger partial charge < -0.3 is 5.32 Å². The second-order valence-electron chi connectivity index (χ2n) is 7.48. The molecule has 0 radical (unpaired) electrons. The van der Waals surface area contributed by atoms with Crippen LogP contribution in [-0.4, -0.2) is 15.7 Å². The van der Waals surface area contributed by atoms with E-state index in [1.807, 2.05) is 71.0 Å². The molecule has 2 aromatic carbocycles. The number of hydrogen-bond acceptors (Lipinski definition) is 3. The lowest BCUT2D eigenvalue weighted by Gasteiger charge is -2.19. The smallest absolute Gasteiger partial charge is 0.267 e. The van der Waals surface area contributed by atoms with Crippen LogP contribution in [0.25, 0.3) is 11.3 Å². The molecule has 0 saturated carbocycles. The SMILES string of the molecule is CCC(C(=O)Nc1cccc(C)c1C)n1nc(-c2cc(C)ccc2C)ccc1=O. The van der Waals surface area contributed by atoms with Crippen molar-refractivity contribution in [1.82, 2.24) is 9.78 Å². The Balaban J connectivity index is 1.99. The maximum absolute atomic E-state index is 13.0. The number of carbonyl (C=O) groups is 1. The Morgan fingerprint density at radius 2 is 1.79 bits per heavy atom. The number of carbonyl (C=O) groups excluding carboxylic acids is 1. The minimum atomic E-state index is -0.688. The Labute approximate surface area is 171 Å². The van der Waals surface area contributed by atoms with E-state index in [1.165, 1.54) is 10.7 Å². The van der Waals surface area contributed by atoms with Gasteiger partial charge in [0.15, 0.2) is 0 Å². The Morgan fingerprint density at radius 3 is 2.52 bits per heavy atom. The van der Waals surface area contributed by atoms with Crippen LogP contribution in [0.2, 0.25) is 0 Å². The first-order valence-corrected chi connectivity index (χ1v) is 9.86. The summed E-state index contributed by atoms with van der Waals surface area (Å²) >= 11 is 0. The summed E-state index contributed by atoms with van der Waals surface area (Å²) in [6.07, 6.45) is 0.458. The molecule has 3 rings (SSSR count). The van der Waals surface area contributed by atoms with E-state index in [0.717, 1.165) is 33.5 Å². The third-order valence-corrected chi connectivity index (χ3v) is 5.34. The van der Waals surface area contributed by atoms with E-state index in [9.17, 15) is 9.59 Å². The number of aromatic nitrogens is 2. The van der Waals surface area contributed by atoms with E-state index < -0.39 is 6.04 Å². The zero-order valence-corrected chi connectivity index (χ0v) is 17.6. The van der Waals surface area contributed by atoms with E-state index in [1.54, 1.807) is 6.07 Å². The van der Waals surface area contributed by atoms with Gasteiger partial charge in [-0.25, -0.2) is 4.68 Å². The fourth-order valence-electron chi connectivity index (χ4n) is 3.38. The predicted octanol–water partition coefficient (Wildman–Crippen LogP) is 4.73. The first kappa shape index (κ1) is 20.5. The molecule has 0 aliphatic rings. The molecule has 5 nitrogen and oxygen atoms in total. The molecule has 0 fully saturated rings. The third-order valence-electron chi connectivity index (χ3n) is 5.34. The molecule has 29 heavy (non-hydrogen) atoms. The summed E-state index contributed by atoms with van der Waals surface area (Å²) in [6.45, 7) is 9.88. The second-order valence-corrected chi connectivity index (χ2v) is 7.48. The molecule has 1 unspecified atom stereocenters. The highest BCUT2D eigenvalue weighted by Crippen LogP contribution is 2.23. The maximum Gasteiger partial charge on any atom is 0.267 e. The quantitative estimate of drug-likeness (QED) is 0.686. The molecule has 0 aliphatic heterocycles. The van der Waals surface area contributed by atoms with E-state index in [2.05, 4.69) is 10.4 Å². The molecule has 1 atom stereocenters. The molecule has 1 N–H and O–H groups in total. The van der Waals surface area contributed by atoms with Crippen molar-refractivity contribution in [2.75, 3.05) is 5.32 Å². The molecular weight excluding hydrogens is 362 g/mol. The first-order valence-electron chi connectivity index (χ1n) is 9.86. The van der Waals surface area contributed by atoms with Crippen molar-refractivity contribution in [2.45, 2.75) is 47.1 Å². The summed E-state index contributed by atoms with van der Waals surface area (Å²) in [5.41, 5.74) is 6.41. The zero-order chi connectivity index (χ0) is 21.1. The number of hydrogen-bond donors (Lipinski definition) is 1. The summed E-state index contributed by atoms with van der Waals surface area (Å²) in [5.74, 6) is -0.242. The summed E-state index contributed by atoms with van der Waals surface area (Å²) in [7, 11) is 0. The highest BCUT2D eigenvalue weighted by molar-refractivity contribution is 5.94. The molecule has 1 heterocycles. The van der Waals surface area contributed by atoms with Crippen LogP contribution in [-0.2, 0) is 4.79 Å². The van der Waals surface area contributed by atoms with Crippen molar-refractivity contribution in [1.29, 1.82) is 0 Å². The molecule has 1 amide bonds. The number of aryl methyl sites for hydroxylation is 3. The van der Waals surface area contributed by atoms with Crippen LogP contribution in [0.4, 0.5) is 5.69 Å². The fourth-order valence-corrected chi connectivity index (χ4v) is 3.38. The molecule has 1 aromatic heterocycles. The van der Waals surface area contributed by atoms with Gasteiger partial charge in [0.05, 0.1) is 5.69 Å². The molecule has 0 saturated heterocycles. The van der Waals surface area contributed by atoms with Crippen molar-refractivity contribution >= 4 is 11.6 Å². The molecule has 5 heteroatoms. The van der Waals surface area contributed by atoms with Crippen LogP contribution in [0.15, 0.2) is 53.3 Å². The number of anilines is 1. The first-order chi connectivity index (χ1) is 13.8. The monoisotopic (exact) mass is 389 g/mol. The highest BCUT2D eigenvalue weighted by atomic mass is 16.2. The van der Waals surface area contributed by atoms with E-state index in [4.69, 9.17) is 0 Å². The van der Waals surface area contributed by atoms with Crippen LogP contribution >= 0.6 is 0 Å². The molecule has 0 aliphatic carbocycles. The van der Waals surface area contributed by atoms with Gasteiger partial charge in [-0.05, 0) is 69.0 Å². The Kier molecular flexibility index (Phi) is 5.97. The lowest BCUT2D eigenvalue weighted by atomic mass is 10.0. The lowest BCUT2D eigenvalue weighted by Crippen LogP contribution is -2.34. The van der Waals surface area contributed by atoms with Gasteiger partial charge in [0.25, 0.3) is 5.56 Å². The Hall–Kier alpha value is -3.21. The van der Waals surface area contributed by atoms with Gasteiger partial charge in [0.2, 0.25) is 5.91 Å². The van der Waals surface area contributed by atoms with Gasteiger partial charge >= 0.3 is 0 Å². The standard InChI is InChI=1S/C24H27N3O2/c1-6-22(24(29)25-20-9-7-8-16(3)18(20)5)27-23(28)13-12-21(26-27)19-14-15(2)10-11-17(19)4/h7-14,22H,6H2,1-5H3,(H,25,29). The Bertz CT molecular complexity index is 1120. The van der Waals surface area contributed by atoms with Crippen molar-refractivity contribution in [3.63, 3.8) is 0 Å². The van der Waals surface area contributed by atoms with Gasteiger partial charge in [-0.1, -0.05) is 36.8 Å². The largest absolute Gasteiger partial charge is 0.324 e. The molecule has 0 bridgehead atoms. The highest BCUT2D eigenvalue weighted by Gasteiger charge is 2.22. The molecule has 0 spiro atoms. The third kappa shape index (κ3) is 4.29. The van der Waals surface area contributed by atoms with Gasteiger partial charge in [-0.15, -0.1) is 0 Å². The van der Waals surface area contributed by atoms with Crippen LogP contribution in [0, 0.1) is 27.7 Å². The van der Waals surface area contributed by atoms with E-state index >= 15 is 0 Å². The molecule has 150 valence electrons. The summed E-state index contributed by atoms with van der Waals surface area (Å²) < 4.78 is 1.30. The number of amides is 1. The van der Waals surface area contributed by atoms with Crippen LogP contribution < -0.4 is 10.9 Å². The zero-order valence-electron chi connectivity index (χ0n) is 17.6. The predicted molar refractivity (Wildman–Crippen MR) is 117 cm³/mol. The van der Waals surface area contributed by atoms with Crippen molar-refractivity contribution in [3.8, 4) is 11.3 Å². The second kappa shape index (κ2) is 8.43. The fraction of sp³-hybridized carbons (Fsp3) is 0.292. The van der Waals surface area contributed by atoms with Gasteiger partial charge in [-0.3, -0.25) is 9.59 Å².